The summed E-state index contributed by atoms with van der Waals surface area (Å²) in [5.74, 6) is 4.00. The number of carbonyl (C=O) groups is 1. The van der Waals surface area contributed by atoms with E-state index in [1.165, 1.54) is 38.5 Å². The van der Waals surface area contributed by atoms with Gasteiger partial charge in [-0.05, 0) is 73.8 Å². The lowest BCUT2D eigenvalue weighted by molar-refractivity contribution is -0.139. The van der Waals surface area contributed by atoms with Gasteiger partial charge in [0.05, 0.1) is 0 Å². The molecule has 4 bridgehead atoms. The van der Waals surface area contributed by atoms with Crippen LogP contribution < -0.4 is 0 Å². The minimum absolute atomic E-state index is 0.0428. The fraction of sp³-hybridized carbons (Fsp3) is 0.667. The lowest BCUT2D eigenvalue weighted by Gasteiger charge is -2.57. The predicted molar refractivity (Wildman–Crippen MR) is 109 cm³/mol. The molecule has 140 valence electrons. The average Bonchev–Trinajstić information content (AvgIpc) is 3.02. The van der Waals surface area contributed by atoms with Crippen molar-refractivity contribution < 1.29 is 4.79 Å². The fourth-order valence-corrected chi connectivity index (χ4v) is 8.50. The van der Waals surface area contributed by atoms with Crippen LogP contribution in [0, 0.1) is 23.2 Å². The molecular formula is C21H25Cl2NOS. The number of halogens is 2. The van der Waals surface area contributed by atoms with Crippen LogP contribution in [-0.4, -0.2) is 23.1 Å². The van der Waals surface area contributed by atoms with Crippen LogP contribution in [0.25, 0.3) is 0 Å². The Kier molecular flexibility index (Phi) is 4.49. The Bertz CT molecular complexity index is 701. The number of thioether (sulfide) groups is 1. The summed E-state index contributed by atoms with van der Waals surface area (Å²) in [6.45, 7) is 0.833. The maximum Gasteiger partial charge on any atom is 0.224 e. The summed E-state index contributed by atoms with van der Waals surface area (Å²) in [5.41, 5.74) is 1.32. The van der Waals surface area contributed by atoms with Gasteiger partial charge >= 0.3 is 0 Å². The molecule has 4 aliphatic carbocycles. The molecule has 0 N–H and O–H groups in total. The first-order chi connectivity index (χ1) is 12.5. The Balaban J connectivity index is 1.35. The molecule has 26 heavy (non-hydrogen) atoms. The van der Waals surface area contributed by atoms with Crippen molar-refractivity contribution >= 4 is 40.9 Å². The molecule has 5 aliphatic rings. The summed E-state index contributed by atoms with van der Waals surface area (Å²) < 4.78 is 0. The molecule has 1 amide bonds. The van der Waals surface area contributed by atoms with E-state index in [-0.39, 0.29) is 5.37 Å². The van der Waals surface area contributed by atoms with Crippen molar-refractivity contribution in [2.45, 2.75) is 50.3 Å². The van der Waals surface area contributed by atoms with Gasteiger partial charge in [0.1, 0.15) is 5.37 Å². The zero-order valence-corrected chi connectivity index (χ0v) is 17.3. The molecule has 1 aromatic carbocycles. The smallest absolute Gasteiger partial charge is 0.224 e. The molecule has 1 unspecified atom stereocenters. The van der Waals surface area contributed by atoms with Crippen molar-refractivity contribution in [3.05, 3.63) is 33.8 Å². The van der Waals surface area contributed by atoms with Gasteiger partial charge in [0.15, 0.2) is 0 Å². The van der Waals surface area contributed by atoms with Gasteiger partial charge in [-0.15, -0.1) is 11.8 Å². The van der Waals surface area contributed by atoms with E-state index in [1.54, 1.807) is 6.07 Å². The molecule has 1 heterocycles. The second-order valence-electron chi connectivity index (χ2n) is 9.07. The van der Waals surface area contributed by atoms with Crippen molar-refractivity contribution in [2.24, 2.45) is 23.2 Å². The molecule has 1 atom stereocenters. The second kappa shape index (κ2) is 6.60. The van der Waals surface area contributed by atoms with E-state index in [2.05, 4.69) is 4.90 Å². The summed E-state index contributed by atoms with van der Waals surface area (Å²) >= 11 is 14.3. The second-order valence-corrected chi connectivity index (χ2v) is 11.1. The normalized spacial score (nSPS) is 38.2. The van der Waals surface area contributed by atoms with E-state index < -0.39 is 0 Å². The highest BCUT2D eigenvalue weighted by molar-refractivity contribution is 7.99. The van der Waals surface area contributed by atoms with Crippen LogP contribution in [0.3, 0.4) is 0 Å². The highest BCUT2D eigenvalue weighted by Crippen LogP contribution is 2.61. The van der Waals surface area contributed by atoms with E-state index in [0.717, 1.165) is 42.0 Å². The quantitative estimate of drug-likeness (QED) is 0.594. The van der Waals surface area contributed by atoms with Crippen molar-refractivity contribution in [1.82, 2.24) is 4.90 Å². The minimum atomic E-state index is 0.0428. The number of carbonyl (C=O) groups excluding carboxylic acids is 1. The molecular weight excluding hydrogens is 385 g/mol. The summed E-state index contributed by atoms with van der Waals surface area (Å²) in [4.78, 5) is 15.4. The fourth-order valence-electron chi connectivity index (χ4n) is 6.61. The van der Waals surface area contributed by atoms with Crippen LogP contribution >= 0.6 is 35.0 Å². The maximum absolute atomic E-state index is 13.3. The number of rotatable bonds is 3. The van der Waals surface area contributed by atoms with Crippen LogP contribution in [0.15, 0.2) is 18.2 Å². The molecule has 0 radical (unpaired) electrons. The van der Waals surface area contributed by atoms with E-state index >= 15 is 0 Å². The molecule has 5 fully saturated rings. The van der Waals surface area contributed by atoms with Gasteiger partial charge in [-0.25, -0.2) is 0 Å². The van der Waals surface area contributed by atoms with Gasteiger partial charge in [0.25, 0.3) is 0 Å². The molecule has 0 aromatic heterocycles. The first-order valence-electron chi connectivity index (χ1n) is 9.87. The highest BCUT2D eigenvalue weighted by atomic mass is 35.5. The van der Waals surface area contributed by atoms with Gasteiger partial charge < -0.3 is 4.90 Å². The predicted octanol–water partition coefficient (Wildman–Crippen LogP) is 6.17. The molecule has 5 heteroatoms. The van der Waals surface area contributed by atoms with Crippen molar-refractivity contribution in [1.29, 1.82) is 0 Å². The van der Waals surface area contributed by atoms with Crippen LogP contribution in [0.2, 0.25) is 10.0 Å². The number of nitrogens with zero attached hydrogens (tertiary/aromatic N) is 1. The Morgan fingerprint density at radius 1 is 1.12 bits per heavy atom. The summed E-state index contributed by atoms with van der Waals surface area (Å²) in [6.07, 6.45) is 8.90. The standard InChI is InChI=1S/C21H25Cl2NOS/c22-16-1-2-17(18(23)8-16)20-24(3-4-26-20)19(25)12-21-9-13-5-14(10-21)7-15(6-13)11-21/h1-2,8,13-15,20H,3-7,9-12H2. The molecule has 1 aromatic rings. The van der Waals surface area contributed by atoms with Crippen LogP contribution in [0.1, 0.15) is 55.9 Å². The lowest BCUT2D eigenvalue weighted by Crippen LogP contribution is -2.48. The Labute approximate surface area is 170 Å². The molecule has 6 rings (SSSR count). The van der Waals surface area contributed by atoms with Crippen LogP contribution in [0.5, 0.6) is 0 Å². The number of hydrogen-bond donors (Lipinski definition) is 0. The number of amides is 1. The largest absolute Gasteiger partial charge is 0.326 e. The third-order valence-electron chi connectivity index (χ3n) is 7.13. The van der Waals surface area contributed by atoms with E-state index in [0.29, 0.717) is 21.4 Å². The van der Waals surface area contributed by atoms with Crippen molar-refractivity contribution in [3.8, 4) is 0 Å². The average molecular weight is 410 g/mol. The number of benzene rings is 1. The number of hydrogen-bond acceptors (Lipinski definition) is 2. The lowest BCUT2D eigenvalue weighted by atomic mass is 9.49. The minimum Gasteiger partial charge on any atom is -0.326 e. The van der Waals surface area contributed by atoms with E-state index in [9.17, 15) is 4.79 Å². The zero-order chi connectivity index (χ0) is 17.9. The van der Waals surface area contributed by atoms with Crippen LogP contribution in [0.4, 0.5) is 0 Å². The Hall–Kier alpha value is -0.380. The highest BCUT2D eigenvalue weighted by Gasteiger charge is 2.52. The third-order valence-corrected chi connectivity index (χ3v) is 8.94. The zero-order valence-electron chi connectivity index (χ0n) is 14.9. The molecule has 2 nitrogen and oxygen atoms in total. The first kappa shape index (κ1) is 17.7. The molecule has 0 spiro atoms. The SMILES string of the molecule is O=C(CC12CC3CC(CC(C3)C1)C2)N1CCSC1c1ccc(Cl)cc1Cl. The van der Waals surface area contributed by atoms with Gasteiger partial charge in [-0.3, -0.25) is 4.79 Å². The summed E-state index contributed by atoms with van der Waals surface area (Å²) in [7, 11) is 0. The van der Waals surface area contributed by atoms with Crippen LogP contribution in [-0.2, 0) is 4.79 Å². The topological polar surface area (TPSA) is 20.3 Å². The summed E-state index contributed by atoms with van der Waals surface area (Å²) in [5, 5.41) is 1.36. The van der Waals surface area contributed by atoms with Gasteiger partial charge in [-0.2, -0.15) is 0 Å². The third kappa shape index (κ3) is 3.08. The first-order valence-corrected chi connectivity index (χ1v) is 11.7. The Morgan fingerprint density at radius 3 is 2.38 bits per heavy atom. The summed E-state index contributed by atoms with van der Waals surface area (Å²) in [6, 6.07) is 5.65. The molecule has 1 saturated heterocycles. The van der Waals surface area contributed by atoms with E-state index in [4.69, 9.17) is 23.2 Å². The van der Waals surface area contributed by atoms with Crippen molar-refractivity contribution in [2.75, 3.05) is 12.3 Å². The monoisotopic (exact) mass is 409 g/mol. The van der Waals surface area contributed by atoms with Gasteiger partial charge in [0.2, 0.25) is 5.91 Å². The maximum atomic E-state index is 13.3. The van der Waals surface area contributed by atoms with E-state index in [1.807, 2.05) is 23.9 Å². The van der Waals surface area contributed by atoms with Gasteiger partial charge in [0, 0.05) is 34.3 Å². The molecule has 4 saturated carbocycles. The van der Waals surface area contributed by atoms with Gasteiger partial charge in [-0.1, -0.05) is 29.3 Å². The molecule has 1 aliphatic heterocycles. The Morgan fingerprint density at radius 2 is 1.77 bits per heavy atom. The van der Waals surface area contributed by atoms with Crippen molar-refractivity contribution in [3.63, 3.8) is 0 Å².